The van der Waals surface area contributed by atoms with Crippen LogP contribution in [-0.2, 0) is 78.4 Å². The van der Waals surface area contributed by atoms with Crippen molar-refractivity contribution in [3.05, 3.63) is 120 Å². The molecule has 0 bridgehead atoms. The first-order valence-electron chi connectivity index (χ1n) is 30.2. The summed E-state index contributed by atoms with van der Waals surface area (Å²) < 4.78 is 0. The molecule has 3 aromatic carbocycles. The van der Waals surface area contributed by atoms with Crippen molar-refractivity contribution in [1.82, 2.24) is 62.8 Å². The molecule has 2 heterocycles. The summed E-state index contributed by atoms with van der Waals surface area (Å²) in [5.74, 6) is -10.8. The average Bonchev–Trinajstić information content (AvgIpc) is 2.02. The molecule has 0 fully saturated rings. The first kappa shape index (κ1) is 72.0. The lowest BCUT2D eigenvalue weighted by Gasteiger charge is -2.28. The number of imidazole rings is 1. The van der Waals surface area contributed by atoms with E-state index in [1.54, 1.807) is 83.3 Å². The fraction of sp³-hybridized carbons (Fsp3) is 0.460. The number of fused-ring (bicyclic) bond motifs is 1. The summed E-state index contributed by atoms with van der Waals surface area (Å²) in [5, 5.41) is 54.0. The number of nitrogens with two attached hydrogens (primary N) is 2. The van der Waals surface area contributed by atoms with Crippen LogP contribution in [0.15, 0.2) is 97.6 Å². The number of hydrogen-bond acceptors (Lipinski definition) is 15. The fourth-order valence-corrected chi connectivity index (χ4v) is 9.82. The minimum atomic E-state index is -1.76. The summed E-state index contributed by atoms with van der Waals surface area (Å²) in [4.78, 5) is 161. The lowest BCUT2D eigenvalue weighted by molar-refractivity contribution is -0.138. The number of nitrogens with one attached hydrogen (secondary N) is 11. The third-order valence-electron chi connectivity index (χ3n) is 15.1. The van der Waals surface area contributed by atoms with Crippen molar-refractivity contribution >= 4 is 75.9 Å². The summed E-state index contributed by atoms with van der Waals surface area (Å²) in [6.07, 6.45) is 3.44. The second kappa shape index (κ2) is 35.5. The normalized spacial score (nSPS) is 14.6. The van der Waals surface area contributed by atoms with Gasteiger partial charge in [0.2, 0.25) is 59.1 Å². The Morgan fingerprint density at radius 1 is 0.538 bits per heavy atom. The molecule has 10 amide bonds. The van der Waals surface area contributed by atoms with Gasteiger partial charge in [-0.15, -0.1) is 0 Å². The molecule has 0 unspecified atom stereocenters. The molecular weight excluding hydrogens is 1180 g/mol. The van der Waals surface area contributed by atoms with E-state index in [1.165, 1.54) is 36.8 Å². The number of carbonyl (C=O) groups excluding carboxylic acids is 10. The first-order valence-corrected chi connectivity index (χ1v) is 30.2. The number of amides is 10. The lowest BCUT2D eigenvalue weighted by atomic mass is 9.98. The van der Waals surface area contributed by atoms with Crippen molar-refractivity contribution in [2.45, 2.75) is 154 Å². The zero-order chi connectivity index (χ0) is 66.9. The van der Waals surface area contributed by atoms with Crippen LogP contribution in [0.5, 0.6) is 5.75 Å². The minimum Gasteiger partial charge on any atom is -0.508 e. The fourth-order valence-electron chi connectivity index (χ4n) is 9.82. The van der Waals surface area contributed by atoms with Crippen LogP contribution < -0.4 is 59.3 Å². The van der Waals surface area contributed by atoms with E-state index in [9.17, 15) is 68.1 Å². The third kappa shape index (κ3) is 23.3. The maximum absolute atomic E-state index is 14.7. The van der Waals surface area contributed by atoms with Gasteiger partial charge in [-0.2, -0.15) is 0 Å². The molecule has 0 radical (unpaired) electrons. The van der Waals surface area contributed by atoms with E-state index in [0.29, 0.717) is 28.8 Å². The van der Waals surface area contributed by atoms with E-state index in [0.717, 1.165) is 10.9 Å². The van der Waals surface area contributed by atoms with Gasteiger partial charge in [0, 0.05) is 61.1 Å². The van der Waals surface area contributed by atoms with E-state index in [-0.39, 0.29) is 68.4 Å². The number of benzene rings is 3. The molecule has 91 heavy (non-hydrogen) atoms. The van der Waals surface area contributed by atoms with E-state index in [2.05, 4.69) is 62.8 Å². The van der Waals surface area contributed by atoms with Gasteiger partial charge >= 0.3 is 5.97 Å². The van der Waals surface area contributed by atoms with Gasteiger partial charge in [0.25, 0.3) is 0 Å². The number of phenols is 1. The Morgan fingerprint density at radius 3 is 1.53 bits per heavy atom. The Morgan fingerprint density at radius 2 is 1.00 bits per heavy atom. The number of rotatable bonds is 37. The van der Waals surface area contributed by atoms with Gasteiger partial charge in [0.1, 0.15) is 60.6 Å². The lowest BCUT2D eigenvalue weighted by Crippen LogP contribution is -2.61. The molecule has 28 nitrogen and oxygen atoms in total. The molecular formula is C63H86N14O14. The second-order valence-electron chi connectivity index (χ2n) is 23.4. The number of aromatic nitrogens is 3. The number of H-pyrrole nitrogens is 2. The number of carboxylic acids is 1. The summed E-state index contributed by atoms with van der Waals surface area (Å²) in [6.45, 7) is 9.00. The SMILES string of the molecule is CC[C@H](C)[C@H](N)C(=O)N[C@@H](Cc1ccc(O)cc1)C(=O)N[C@@H](CCC(N)=O)C(=O)N[C@@H](Cc1cnc[nH]1)C(=O)N[C@@H](Cc1ccccc1)C(=O)N[C@@H](CO)C(=O)N[C@@H](CC(C)C)C(=O)N[C@@H](Cc1c[nH]c2ccccc12)C(=O)N[C@@H](CC(C)C)C(=O)NCC(=O)O. The molecule has 0 saturated carbocycles. The van der Waals surface area contributed by atoms with Crippen LogP contribution in [0.2, 0.25) is 0 Å². The predicted octanol–water partition coefficient (Wildman–Crippen LogP) is -0.330. The number of carboxylic acid groups (broad SMARTS) is 1. The van der Waals surface area contributed by atoms with Gasteiger partial charge in [0.15, 0.2) is 0 Å². The maximum Gasteiger partial charge on any atom is 0.322 e. The number of carbonyl (C=O) groups is 11. The van der Waals surface area contributed by atoms with Gasteiger partial charge in [-0.25, -0.2) is 4.98 Å². The zero-order valence-electron chi connectivity index (χ0n) is 51.9. The molecule has 0 aliphatic rings. The Kier molecular flexibility index (Phi) is 28.1. The Balaban J connectivity index is 1.40. The highest BCUT2D eigenvalue weighted by molar-refractivity contribution is 5.99. The summed E-state index contributed by atoms with van der Waals surface area (Å²) in [5.41, 5.74) is 14.4. The minimum absolute atomic E-state index is 0.0219. The number of aliphatic hydroxyl groups excluding tert-OH is 1. The van der Waals surface area contributed by atoms with Gasteiger partial charge in [0.05, 0.1) is 19.0 Å². The number of nitrogens with zero attached hydrogens (tertiary/aromatic N) is 1. The smallest absolute Gasteiger partial charge is 0.322 e. The van der Waals surface area contributed by atoms with Gasteiger partial charge < -0.3 is 84.6 Å². The van der Waals surface area contributed by atoms with E-state index >= 15 is 0 Å². The van der Waals surface area contributed by atoms with Crippen LogP contribution in [0.3, 0.4) is 0 Å². The quantitative estimate of drug-likeness (QED) is 0.0242. The maximum atomic E-state index is 14.7. The van der Waals surface area contributed by atoms with Crippen molar-refractivity contribution in [3.8, 4) is 5.75 Å². The summed E-state index contributed by atoms with van der Waals surface area (Å²) >= 11 is 0. The molecule has 2 aromatic heterocycles. The molecule has 18 N–H and O–H groups in total. The number of primary amides is 1. The van der Waals surface area contributed by atoms with Crippen LogP contribution in [0.4, 0.5) is 0 Å². The molecule has 5 rings (SSSR count). The van der Waals surface area contributed by atoms with E-state index in [4.69, 9.17) is 11.5 Å². The van der Waals surface area contributed by atoms with Gasteiger partial charge in [-0.05, 0) is 71.9 Å². The van der Waals surface area contributed by atoms with Crippen molar-refractivity contribution in [2.24, 2.45) is 29.2 Å². The van der Waals surface area contributed by atoms with Crippen LogP contribution in [0, 0.1) is 17.8 Å². The molecule has 5 aromatic rings. The van der Waals surface area contributed by atoms with Crippen LogP contribution >= 0.6 is 0 Å². The number of aromatic amines is 2. The molecule has 0 spiro atoms. The third-order valence-corrected chi connectivity index (χ3v) is 15.1. The van der Waals surface area contributed by atoms with Crippen molar-refractivity contribution < 1.29 is 68.1 Å². The van der Waals surface area contributed by atoms with E-state index < -0.39 is 139 Å². The van der Waals surface area contributed by atoms with Crippen LogP contribution in [-0.4, -0.2) is 163 Å². The topological polar surface area (TPSA) is 453 Å². The number of aliphatic hydroxyl groups is 1. The molecule has 0 aliphatic carbocycles. The predicted molar refractivity (Wildman–Crippen MR) is 334 cm³/mol. The Bertz CT molecular complexity index is 3270. The van der Waals surface area contributed by atoms with Crippen molar-refractivity contribution in [1.29, 1.82) is 0 Å². The highest BCUT2D eigenvalue weighted by Gasteiger charge is 2.37. The van der Waals surface area contributed by atoms with Gasteiger partial charge in [-0.3, -0.25) is 52.7 Å². The standard InChI is InChI=1S/C63H86N14O14/c1-7-36(6)54(65)63(91)76-48(26-38-17-19-41(79)20-18-38)58(86)70-44(21-22-52(64)80)56(84)75-50(28-40-30-66-33-69-40)61(89)73-47(25-37-13-9-8-10-14-37)59(87)77-51(32-78)62(90)72-46(24-35(4)5)57(85)74-49(27-39-29-67-43-16-12-11-15-42(39)43)60(88)71-45(23-34(2)3)55(83)68-31-53(81)82/h8-20,29-30,33-36,44-51,54,67,78-79H,7,21-28,31-32,65H2,1-6H3,(H2,64,80)(H,66,69)(H,68,83)(H,70,86)(H,71,88)(H,72,90)(H,73,89)(H,74,85)(H,75,84)(H,76,91)(H,77,87)(H,81,82)/t36-,44-,45-,46-,47-,48-,49-,50-,51-,54-/m0/s1. The highest BCUT2D eigenvalue weighted by Crippen LogP contribution is 2.21. The number of aliphatic carboxylic acids is 1. The van der Waals surface area contributed by atoms with Crippen molar-refractivity contribution in [3.63, 3.8) is 0 Å². The number of hydrogen-bond donors (Lipinski definition) is 16. The Hall–Kier alpha value is -9.70. The zero-order valence-corrected chi connectivity index (χ0v) is 51.9. The molecule has 0 aliphatic heterocycles. The number of para-hydroxylation sites is 1. The Labute approximate surface area is 526 Å². The van der Waals surface area contributed by atoms with E-state index in [1.807, 2.05) is 19.1 Å². The first-order chi connectivity index (χ1) is 43.2. The van der Waals surface area contributed by atoms with Crippen molar-refractivity contribution in [2.75, 3.05) is 13.2 Å². The monoisotopic (exact) mass is 1260 g/mol. The highest BCUT2D eigenvalue weighted by atomic mass is 16.4. The van der Waals surface area contributed by atoms with Crippen LogP contribution in [0.25, 0.3) is 10.9 Å². The second-order valence-corrected chi connectivity index (χ2v) is 23.4. The summed E-state index contributed by atoms with van der Waals surface area (Å²) in [7, 11) is 0. The molecule has 10 atom stereocenters. The largest absolute Gasteiger partial charge is 0.508 e. The number of phenolic OH excluding ortho intramolecular Hbond substituents is 1. The number of aromatic hydroxyl groups is 1. The van der Waals surface area contributed by atoms with Gasteiger partial charge in [-0.1, -0.05) is 109 Å². The average molecular weight is 1260 g/mol. The molecule has 28 heteroatoms. The summed E-state index contributed by atoms with van der Waals surface area (Å²) in [6, 6.07) is 8.64. The molecule has 492 valence electrons. The molecule has 0 saturated heterocycles. The van der Waals surface area contributed by atoms with Crippen LogP contribution in [0.1, 0.15) is 96.0 Å².